The van der Waals surface area contributed by atoms with E-state index in [1.165, 1.54) is 6.20 Å². The number of hydrogen-bond donors (Lipinski definition) is 2. The Morgan fingerprint density at radius 3 is 2.72 bits per heavy atom. The zero-order valence-corrected chi connectivity index (χ0v) is 22.8. The highest BCUT2D eigenvalue weighted by molar-refractivity contribution is 6.10. The molecule has 0 bridgehead atoms. The Morgan fingerprint density at radius 2 is 2.05 bits per heavy atom. The van der Waals surface area contributed by atoms with Crippen molar-refractivity contribution in [2.75, 3.05) is 13.2 Å². The fourth-order valence-corrected chi connectivity index (χ4v) is 5.45. The number of esters is 1. The molecule has 3 aromatic rings. The van der Waals surface area contributed by atoms with Crippen molar-refractivity contribution in [3.05, 3.63) is 47.2 Å². The van der Waals surface area contributed by atoms with Crippen LogP contribution >= 0.6 is 0 Å². The summed E-state index contributed by atoms with van der Waals surface area (Å²) < 4.78 is 18.9. The van der Waals surface area contributed by atoms with Crippen LogP contribution < -0.4 is 0 Å². The van der Waals surface area contributed by atoms with Gasteiger partial charge in [0.2, 0.25) is 5.78 Å². The molecule has 4 heterocycles. The Hall–Kier alpha value is -3.66. The van der Waals surface area contributed by atoms with Crippen LogP contribution in [0, 0.1) is 22.7 Å². The van der Waals surface area contributed by atoms with E-state index in [1.54, 1.807) is 31.0 Å². The predicted octanol–water partition coefficient (Wildman–Crippen LogP) is 4.88. The topological polar surface area (TPSA) is 144 Å². The number of nitrogens with zero attached hydrogens (tertiary/aromatic N) is 3. The highest BCUT2D eigenvalue weighted by Crippen LogP contribution is 2.38. The number of pyridine rings is 1. The summed E-state index contributed by atoms with van der Waals surface area (Å²) in [5.74, 6) is -0.438. The molecule has 1 saturated heterocycles. The lowest BCUT2D eigenvalue weighted by Crippen LogP contribution is -2.31. The molecule has 3 atom stereocenters. The van der Waals surface area contributed by atoms with Crippen molar-refractivity contribution < 1.29 is 23.5 Å². The van der Waals surface area contributed by atoms with Gasteiger partial charge in [0.05, 0.1) is 42.3 Å². The summed E-state index contributed by atoms with van der Waals surface area (Å²) in [6.07, 6.45) is 11.4. The van der Waals surface area contributed by atoms with Gasteiger partial charge in [-0.05, 0) is 56.9 Å². The number of carbonyl (C=O) groups is 2. The van der Waals surface area contributed by atoms with Crippen LogP contribution in [0.15, 0.2) is 29.1 Å². The summed E-state index contributed by atoms with van der Waals surface area (Å²) in [6.45, 7) is 4.93. The molecule has 0 radical (unpaired) electrons. The Balaban J connectivity index is 1.78. The number of hydrogen-bond acceptors (Lipinski definition) is 9. The van der Waals surface area contributed by atoms with Crippen molar-refractivity contribution in [1.82, 2.24) is 14.8 Å². The molecule has 1 fully saturated rings. The largest absolute Gasteiger partial charge is 0.466 e. The first kappa shape index (κ1) is 28.4. The van der Waals surface area contributed by atoms with Crippen molar-refractivity contribution >= 4 is 35.2 Å². The number of ketones is 1. The molecule has 10 heteroatoms. The number of rotatable bonds is 13. The molecule has 3 unspecified atom stereocenters. The van der Waals surface area contributed by atoms with E-state index in [0.717, 1.165) is 42.6 Å². The van der Waals surface area contributed by atoms with Gasteiger partial charge in [-0.3, -0.25) is 19.3 Å². The van der Waals surface area contributed by atoms with E-state index in [0.29, 0.717) is 55.2 Å². The van der Waals surface area contributed by atoms with Crippen LogP contribution in [0.5, 0.6) is 0 Å². The molecule has 39 heavy (non-hydrogen) atoms. The molecular formula is C29H37N5O5. The average molecular weight is 536 g/mol. The second-order valence-electron chi connectivity index (χ2n) is 10.1. The van der Waals surface area contributed by atoms with Gasteiger partial charge in [-0.2, -0.15) is 5.10 Å². The summed E-state index contributed by atoms with van der Waals surface area (Å²) >= 11 is 0. The van der Waals surface area contributed by atoms with Gasteiger partial charge in [0.1, 0.15) is 0 Å². The molecule has 0 aliphatic carbocycles. The Bertz CT molecular complexity index is 1320. The molecule has 0 spiro atoms. The quantitative estimate of drug-likeness (QED) is 0.180. The van der Waals surface area contributed by atoms with Crippen LogP contribution in [0.4, 0.5) is 0 Å². The Kier molecular flexibility index (Phi) is 9.40. The number of aromatic nitrogens is 3. The van der Waals surface area contributed by atoms with Crippen molar-refractivity contribution in [3.63, 3.8) is 0 Å². The summed E-state index contributed by atoms with van der Waals surface area (Å²) in [5.41, 5.74) is 2.18. The van der Waals surface area contributed by atoms with E-state index in [4.69, 9.17) is 24.7 Å². The van der Waals surface area contributed by atoms with Gasteiger partial charge in [0.25, 0.3) is 0 Å². The van der Waals surface area contributed by atoms with Gasteiger partial charge in [0.15, 0.2) is 11.3 Å². The van der Waals surface area contributed by atoms with Crippen LogP contribution in [0.2, 0.25) is 0 Å². The Labute approximate surface area is 228 Å². The first-order valence-electron chi connectivity index (χ1n) is 13.6. The minimum absolute atomic E-state index is 0.0893. The normalized spacial score (nSPS) is 18.9. The number of carbonyl (C=O) groups excluding carboxylic acids is 2. The predicted molar refractivity (Wildman–Crippen MR) is 147 cm³/mol. The molecule has 10 nitrogen and oxygen atoms in total. The van der Waals surface area contributed by atoms with Gasteiger partial charge < -0.3 is 24.7 Å². The maximum atomic E-state index is 13.7. The summed E-state index contributed by atoms with van der Waals surface area (Å²) in [6, 6.07) is 1.82. The molecule has 2 N–H and O–H groups in total. The Morgan fingerprint density at radius 1 is 1.26 bits per heavy atom. The fraction of sp³-hybridized carbons (Fsp3) is 0.517. The molecular weight excluding hydrogens is 498 g/mol. The maximum absolute atomic E-state index is 13.7. The van der Waals surface area contributed by atoms with Crippen molar-refractivity contribution in [1.29, 1.82) is 10.8 Å². The van der Waals surface area contributed by atoms with Crippen LogP contribution in [-0.2, 0) is 27.7 Å². The highest BCUT2D eigenvalue weighted by atomic mass is 16.5. The molecule has 0 saturated carbocycles. The number of fused-ring (bicyclic) bond motifs is 1. The summed E-state index contributed by atoms with van der Waals surface area (Å²) in [5, 5.41) is 20.3. The second kappa shape index (κ2) is 12.9. The van der Waals surface area contributed by atoms with E-state index in [9.17, 15) is 9.59 Å². The summed E-state index contributed by atoms with van der Waals surface area (Å²) in [7, 11) is 1.75. The van der Waals surface area contributed by atoms with E-state index in [1.807, 2.05) is 6.07 Å². The fourth-order valence-electron chi connectivity index (χ4n) is 5.45. The molecule has 0 amide bonds. The van der Waals surface area contributed by atoms with Gasteiger partial charge in [-0.25, -0.2) is 0 Å². The molecule has 4 rings (SSSR count). The summed E-state index contributed by atoms with van der Waals surface area (Å²) in [4.78, 5) is 30.4. The lowest BCUT2D eigenvalue weighted by atomic mass is 9.77. The first-order valence-corrected chi connectivity index (χ1v) is 13.6. The van der Waals surface area contributed by atoms with Crippen LogP contribution in [0.25, 0.3) is 11.0 Å². The number of furan rings is 1. The van der Waals surface area contributed by atoms with Gasteiger partial charge in [0, 0.05) is 49.7 Å². The van der Waals surface area contributed by atoms with E-state index in [2.05, 4.69) is 17.0 Å². The smallest absolute Gasteiger partial charge is 0.305 e. The van der Waals surface area contributed by atoms with Crippen LogP contribution in [-0.4, -0.2) is 58.3 Å². The maximum Gasteiger partial charge on any atom is 0.305 e. The van der Waals surface area contributed by atoms with Crippen molar-refractivity contribution in [2.24, 2.45) is 18.9 Å². The molecule has 1 aliphatic heterocycles. The van der Waals surface area contributed by atoms with E-state index < -0.39 is 5.92 Å². The standard InChI is InChI=1S/C29H37N5O5/c1-4-22-10-19(8-9-38-22)18(6-7-27(35)37-5-2)11-24-23-12-25(20(13-30)14-31)32-16-26(23)39-29(24)28(36)21-15-33-34(3)17-21/h12-20,22,30-31H,4-11H2,1-3H3. The van der Waals surface area contributed by atoms with Gasteiger partial charge in [-0.15, -0.1) is 0 Å². The molecule has 1 aliphatic rings. The van der Waals surface area contributed by atoms with E-state index in [-0.39, 0.29) is 29.5 Å². The average Bonchev–Trinajstić information content (AvgIpc) is 3.54. The molecule has 0 aromatic carbocycles. The molecule has 208 valence electrons. The van der Waals surface area contributed by atoms with Crippen LogP contribution in [0.1, 0.15) is 79.2 Å². The third-order valence-corrected chi connectivity index (χ3v) is 7.59. The lowest BCUT2D eigenvalue weighted by molar-refractivity contribution is -0.143. The van der Waals surface area contributed by atoms with Crippen molar-refractivity contribution in [3.8, 4) is 0 Å². The number of aryl methyl sites for hydroxylation is 1. The van der Waals surface area contributed by atoms with E-state index >= 15 is 0 Å². The second-order valence-corrected chi connectivity index (χ2v) is 10.1. The van der Waals surface area contributed by atoms with Crippen molar-refractivity contribution in [2.45, 2.75) is 64.4 Å². The van der Waals surface area contributed by atoms with Gasteiger partial charge >= 0.3 is 5.97 Å². The minimum Gasteiger partial charge on any atom is -0.466 e. The number of nitrogens with one attached hydrogen (secondary N) is 2. The third kappa shape index (κ3) is 6.50. The van der Waals surface area contributed by atoms with Crippen LogP contribution in [0.3, 0.4) is 0 Å². The zero-order valence-electron chi connectivity index (χ0n) is 22.8. The minimum atomic E-state index is -0.574. The highest BCUT2D eigenvalue weighted by Gasteiger charge is 2.32. The molecule has 3 aromatic heterocycles. The lowest BCUT2D eigenvalue weighted by Gasteiger charge is -2.34. The SMILES string of the molecule is CCOC(=O)CCC(Cc1c(C(=O)c2cnn(C)c2)oc2cnc(C(C=N)C=N)cc12)C1CCOC(CC)C1. The third-order valence-electron chi connectivity index (χ3n) is 7.59. The zero-order chi connectivity index (χ0) is 27.9. The first-order chi connectivity index (χ1) is 18.9. The van der Waals surface area contributed by atoms with Gasteiger partial charge in [-0.1, -0.05) is 6.92 Å². The monoisotopic (exact) mass is 535 g/mol. The number of ether oxygens (including phenoxy) is 2.